The third kappa shape index (κ3) is 3.51. The molecule has 0 aromatic carbocycles. The summed E-state index contributed by atoms with van der Waals surface area (Å²) in [7, 11) is 0. The Labute approximate surface area is 87.1 Å². The number of rotatable bonds is 6. The van der Waals surface area contributed by atoms with Gasteiger partial charge in [0, 0.05) is 17.8 Å². The van der Waals surface area contributed by atoms with Crippen LogP contribution in [-0.4, -0.2) is 23.6 Å². The maximum atomic E-state index is 3.70. The van der Waals surface area contributed by atoms with E-state index >= 15 is 0 Å². The molecule has 13 heavy (non-hydrogen) atoms. The smallest absolute Gasteiger partial charge is 0.0132 e. The van der Waals surface area contributed by atoms with Crippen molar-refractivity contribution in [1.82, 2.24) is 5.32 Å². The normalized spacial score (nSPS) is 24.0. The van der Waals surface area contributed by atoms with E-state index < -0.39 is 0 Å². The lowest BCUT2D eigenvalue weighted by molar-refractivity contribution is 0.358. The molecule has 1 aliphatic rings. The number of hydrogen-bond acceptors (Lipinski definition) is 2. The molecule has 0 bridgehead atoms. The van der Waals surface area contributed by atoms with Crippen molar-refractivity contribution in [2.24, 2.45) is 5.41 Å². The molecule has 2 unspecified atom stereocenters. The zero-order valence-electron chi connectivity index (χ0n) is 9.39. The molecule has 0 amide bonds. The Bertz CT molecular complexity index is 154. The predicted octanol–water partition coefficient (Wildman–Crippen LogP) is 2.91. The third-order valence-electron chi connectivity index (χ3n) is 3.19. The molecule has 0 heterocycles. The Morgan fingerprint density at radius 2 is 2.00 bits per heavy atom. The van der Waals surface area contributed by atoms with Gasteiger partial charge in [0.15, 0.2) is 0 Å². The highest BCUT2D eigenvalue weighted by Crippen LogP contribution is 2.48. The monoisotopic (exact) mass is 201 g/mol. The van der Waals surface area contributed by atoms with E-state index in [0.29, 0.717) is 17.5 Å². The van der Waals surface area contributed by atoms with Gasteiger partial charge >= 0.3 is 0 Å². The van der Waals surface area contributed by atoms with Crippen molar-refractivity contribution in [2.75, 3.05) is 11.5 Å². The molecule has 78 valence electrons. The first-order valence-electron chi connectivity index (χ1n) is 5.42. The van der Waals surface area contributed by atoms with Crippen LogP contribution in [0.1, 0.15) is 40.5 Å². The first-order chi connectivity index (χ1) is 6.08. The summed E-state index contributed by atoms with van der Waals surface area (Å²) in [5, 5.41) is 3.70. The van der Waals surface area contributed by atoms with Gasteiger partial charge in [-0.2, -0.15) is 11.8 Å². The summed E-state index contributed by atoms with van der Waals surface area (Å²) in [5.74, 6) is 2.48. The van der Waals surface area contributed by atoms with Gasteiger partial charge in [0.2, 0.25) is 0 Å². The highest BCUT2D eigenvalue weighted by Gasteiger charge is 2.42. The van der Waals surface area contributed by atoms with Gasteiger partial charge in [0.25, 0.3) is 0 Å². The van der Waals surface area contributed by atoms with E-state index in [0.717, 1.165) is 0 Å². The summed E-state index contributed by atoms with van der Waals surface area (Å²) in [6.07, 6.45) is 2.82. The molecule has 1 rings (SSSR count). The Morgan fingerprint density at radius 1 is 1.38 bits per heavy atom. The second-order valence-corrected chi connectivity index (χ2v) is 5.92. The van der Waals surface area contributed by atoms with Crippen molar-refractivity contribution in [1.29, 1.82) is 0 Å². The van der Waals surface area contributed by atoms with Crippen molar-refractivity contribution in [3.63, 3.8) is 0 Å². The highest BCUT2D eigenvalue weighted by atomic mass is 32.2. The second-order valence-electron chi connectivity index (χ2n) is 4.60. The van der Waals surface area contributed by atoms with Crippen molar-refractivity contribution < 1.29 is 0 Å². The van der Waals surface area contributed by atoms with Gasteiger partial charge in [-0.25, -0.2) is 0 Å². The first kappa shape index (κ1) is 11.4. The molecule has 0 aromatic rings. The average Bonchev–Trinajstić information content (AvgIpc) is 2.81. The van der Waals surface area contributed by atoms with Crippen LogP contribution >= 0.6 is 11.8 Å². The molecule has 1 fully saturated rings. The fourth-order valence-electron chi connectivity index (χ4n) is 1.60. The van der Waals surface area contributed by atoms with Crippen LogP contribution < -0.4 is 5.32 Å². The zero-order chi connectivity index (χ0) is 9.90. The molecule has 0 spiro atoms. The van der Waals surface area contributed by atoms with Gasteiger partial charge in [-0.05, 0) is 37.9 Å². The maximum Gasteiger partial charge on any atom is 0.0132 e. The number of nitrogens with one attached hydrogen (secondary N) is 1. The van der Waals surface area contributed by atoms with Crippen LogP contribution in [0.15, 0.2) is 0 Å². The van der Waals surface area contributed by atoms with Gasteiger partial charge in [0.05, 0.1) is 0 Å². The molecular formula is C11H23NS. The number of hydrogen-bond donors (Lipinski definition) is 1. The van der Waals surface area contributed by atoms with Crippen LogP contribution in [0.2, 0.25) is 0 Å². The van der Waals surface area contributed by atoms with E-state index in [1.807, 2.05) is 11.8 Å². The largest absolute Gasteiger partial charge is 0.310 e. The van der Waals surface area contributed by atoms with Crippen LogP contribution in [0.4, 0.5) is 0 Å². The summed E-state index contributed by atoms with van der Waals surface area (Å²) < 4.78 is 0. The van der Waals surface area contributed by atoms with Gasteiger partial charge in [-0.3, -0.25) is 0 Å². The Balaban J connectivity index is 2.15. The molecule has 1 aliphatic carbocycles. The lowest BCUT2D eigenvalue weighted by atomic mass is 10.0. The molecule has 1 saturated carbocycles. The van der Waals surface area contributed by atoms with Crippen LogP contribution in [0.3, 0.4) is 0 Å². The highest BCUT2D eigenvalue weighted by molar-refractivity contribution is 7.99. The Hall–Kier alpha value is 0.310. The Morgan fingerprint density at radius 3 is 2.46 bits per heavy atom. The van der Waals surface area contributed by atoms with Crippen LogP contribution in [0, 0.1) is 5.41 Å². The van der Waals surface area contributed by atoms with Crippen molar-refractivity contribution >= 4 is 11.8 Å². The Kier molecular flexibility index (Phi) is 4.11. The molecule has 0 saturated heterocycles. The van der Waals surface area contributed by atoms with Crippen molar-refractivity contribution in [2.45, 2.75) is 52.6 Å². The fraction of sp³-hybridized carbons (Fsp3) is 1.00. The van der Waals surface area contributed by atoms with Crippen LogP contribution in [-0.2, 0) is 0 Å². The zero-order valence-corrected chi connectivity index (χ0v) is 10.2. The van der Waals surface area contributed by atoms with E-state index in [2.05, 4.69) is 33.0 Å². The van der Waals surface area contributed by atoms with Crippen molar-refractivity contribution in [3.05, 3.63) is 0 Å². The topological polar surface area (TPSA) is 12.0 Å². The maximum absolute atomic E-state index is 3.70. The number of thioether (sulfide) groups is 1. The molecule has 0 aromatic heterocycles. The van der Waals surface area contributed by atoms with Crippen molar-refractivity contribution in [3.8, 4) is 0 Å². The molecule has 0 radical (unpaired) electrons. The minimum atomic E-state index is 0.616. The second kappa shape index (κ2) is 4.70. The summed E-state index contributed by atoms with van der Waals surface area (Å²) in [6, 6.07) is 1.36. The first-order valence-corrected chi connectivity index (χ1v) is 6.58. The summed E-state index contributed by atoms with van der Waals surface area (Å²) >= 11 is 2.03. The predicted molar refractivity (Wildman–Crippen MR) is 62.4 cm³/mol. The SMILES string of the molecule is CCSCC(C)NC(C)C1(C)CC1. The molecular weight excluding hydrogens is 178 g/mol. The minimum Gasteiger partial charge on any atom is -0.310 e. The molecule has 0 aliphatic heterocycles. The minimum absolute atomic E-state index is 0.616. The van der Waals surface area contributed by atoms with Gasteiger partial charge in [-0.15, -0.1) is 0 Å². The van der Waals surface area contributed by atoms with E-state index in [-0.39, 0.29) is 0 Å². The molecule has 1 nitrogen and oxygen atoms in total. The van der Waals surface area contributed by atoms with Crippen LogP contribution in [0.5, 0.6) is 0 Å². The third-order valence-corrected chi connectivity index (χ3v) is 4.33. The quantitative estimate of drug-likeness (QED) is 0.709. The molecule has 2 atom stereocenters. The lowest BCUT2D eigenvalue weighted by Gasteiger charge is -2.24. The van der Waals surface area contributed by atoms with Gasteiger partial charge in [0.1, 0.15) is 0 Å². The summed E-state index contributed by atoms with van der Waals surface area (Å²) in [5.41, 5.74) is 0.616. The standard InChI is InChI=1S/C11H23NS/c1-5-13-8-9(2)12-10(3)11(4)6-7-11/h9-10,12H,5-8H2,1-4H3. The lowest BCUT2D eigenvalue weighted by Crippen LogP contribution is -2.40. The van der Waals surface area contributed by atoms with Crippen LogP contribution in [0.25, 0.3) is 0 Å². The van der Waals surface area contributed by atoms with Gasteiger partial charge in [-0.1, -0.05) is 13.8 Å². The van der Waals surface area contributed by atoms with E-state index in [1.165, 1.54) is 24.3 Å². The van der Waals surface area contributed by atoms with E-state index in [1.54, 1.807) is 0 Å². The molecule has 1 N–H and O–H groups in total. The van der Waals surface area contributed by atoms with E-state index in [9.17, 15) is 0 Å². The molecule has 2 heteroatoms. The summed E-state index contributed by atoms with van der Waals surface area (Å²) in [6.45, 7) is 9.25. The fourth-order valence-corrected chi connectivity index (χ4v) is 2.29. The average molecular weight is 201 g/mol. The summed E-state index contributed by atoms with van der Waals surface area (Å²) in [4.78, 5) is 0. The van der Waals surface area contributed by atoms with E-state index in [4.69, 9.17) is 0 Å². The van der Waals surface area contributed by atoms with Gasteiger partial charge < -0.3 is 5.32 Å².